The maximum atomic E-state index is 13.6. The lowest BCUT2D eigenvalue weighted by Gasteiger charge is -2.08. The number of benzene rings is 2. The molecule has 2 N–H and O–H groups in total. The topological polar surface area (TPSA) is 27.8 Å². The molecule has 0 amide bonds. The predicted molar refractivity (Wildman–Crippen MR) is 77.0 cm³/mol. The van der Waals surface area contributed by atoms with Gasteiger partial charge in [-0.05, 0) is 47.3 Å². The van der Waals surface area contributed by atoms with E-state index in [4.69, 9.17) is 11.6 Å². The van der Waals surface area contributed by atoms with Crippen LogP contribution in [-0.2, 0) is 6.54 Å². The van der Waals surface area contributed by atoms with E-state index < -0.39 is 0 Å². The van der Waals surface area contributed by atoms with Crippen LogP contribution in [0.4, 0.5) is 10.1 Å². The molecule has 0 aliphatic carbocycles. The number of hydrogen-bond acceptors (Lipinski definition) is 1. The molecule has 0 aliphatic rings. The van der Waals surface area contributed by atoms with Crippen LogP contribution in [0.3, 0.4) is 0 Å². The van der Waals surface area contributed by atoms with Crippen LogP contribution >= 0.6 is 11.6 Å². The monoisotopic (exact) mass is 274 g/mol. The maximum Gasteiger partial charge on any atom is 0.147 e. The fraction of sp³-hybridized carbons (Fsp3) is 0.0667. The van der Waals surface area contributed by atoms with E-state index in [-0.39, 0.29) is 5.82 Å². The molecule has 0 spiro atoms. The first-order valence-electron chi connectivity index (χ1n) is 5.97. The molecule has 0 saturated heterocycles. The number of aromatic nitrogens is 1. The van der Waals surface area contributed by atoms with Gasteiger partial charge in [-0.1, -0.05) is 17.7 Å². The molecule has 0 atom stereocenters. The van der Waals surface area contributed by atoms with E-state index in [1.807, 2.05) is 24.4 Å². The molecule has 0 saturated carbocycles. The number of fused-ring (bicyclic) bond motifs is 1. The standard InChI is InChI=1S/C15H12ClFN2/c16-12-2-4-15(13(17)8-12)19-9-10-1-3-14-11(7-10)5-6-18-14/h1-8,18-19H,9H2. The van der Waals surface area contributed by atoms with E-state index in [1.54, 1.807) is 12.1 Å². The molecule has 19 heavy (non-hydrogen) atoms. The third kappa shape index (κ3) is 2.56. The second kappa shape index (κ2) is 4.94. The minimum atomic E-state index is -0.338. The van der Waals surface area contributed by atoms with Crippen LogP contribution in [0.15, 0.2) is 48.7 Å². The Kier molecular flexibility index (Phi) is 3.13. The molecule has 4 heteroatoms. The average Bonchev–Trinajstić information content (AvgIpc) is 2.85. The van der Waals surface area contributed by atoms with Gasteiger partial charge in [-0.25, -0.2) is 4.39 Å². The summed E-state index contributed by atoms with van der Waals surface area (Å²) in [5.74, 6) is -0.338. The van der Waals surface area contributed by atoms with Crippen molar-refractivity contribution >= 4 is 28.2 Å². The Morgan fingerprint density at radius 1 is 1.11 bits per heavy atom. The van der Waals surface area contributed by atoms with E-state index in [1.165, 1.54) is 6.07 Å². The van der Waals surface area contributed by atoms with Gasteiger partial charge in [0.15, 0.2) is 0 Å². The van der Waals surface area contributed by atoms with Crippen molar-refractivity contribution in [2.45, 2.75) is 6.54 Å². The summed E-state index contributed by atoms with van der Waals surface area (Å²) in [6.45, 7) is 0.569. The zero-order valence-electron chi connectivity index (χ0n) is 10.1. The molecular weight excluding hydrogens is 263 g/mol. The highest BCUT2D eigenvalue weighted by Gasteiger charge is 2.03. The molecule has 1 heterocycles. The minimum absolute atomic E-state index is 0.338. The molecule has 96 valence electrons. The van der Waals surface area contributed by atoms with Crippen molar-refractivity contribution < 1.29 is 4.39 Å². The van der Waals surface area contributed by atoms with Crippen LogP contribution in [0.2, 0.25) is 5.02 Å². The Morgan fingerprint density at radius 3 is 2.84 bits per heavy atom. The molecular formula is C15H12ClFN2. The van der Waals surface area contributed by atoms with E-state index >= 15 is 0 Å². The lowest BCUT2D eigenvalue weighted by atomic mass is 10.1. The fourth-order valence-corrected chi connectivity index (χ4v) is 2.20. The first kappa shape index (κ1) is 12.1. The Morgan fingerprint density at radius 2 is 2.00 bits per heavy atom. The summed E-state index contributed by atoms with van der Waals surface area (Å²) >= 11 is 5.72. The fourth-order valence-electron chi connectivity index (χ4n) is 2.04. The van der Waals surface area contributed by atoms with Gasteiger partial charge in [0.1, 0.15) is 5.82 Å². The Balaban J connectivity index is 1.77. The van der Waals surface area contributed by atoms with Gasteiger partial charge < -0.3 is 10.3 Å². The summed E-state index contributed by atoms with van der Waals surface area (Å²) in [4.78, 5) is 3.14. The first-order chi connectivity index (χ1) is 9.22. The van der Waals surface area contributed by atoms with Gasteiger partial charge in [0.05, 0.1) is 5.69 Å². The lowest BCUT2D eigenvalue weighted by molar-refractivity contribution is 0.630. The number of hydrogen-bond donors (Lipinski definition) is 2. The molecule has 2 aromatic carbocycles. The normalized spacial score (nSPS) is 10.8. The summed E-state index contributed by atoms with van der Waals surface area (Å²) in [6, 6.07) is 12.7. The molecule has 3 rings (SSSR count). The number of anilines is 1. The molecule has 0 radical (unpaired) electrons. The number of H-pyrrole nitrogens is 1. The highest BCUT2D eigenvalue weighted by Crippen LogP contribution is 2.20. The van der Waals surface area contributed by atoms with Crippen molar-refractivity contribution in [1.29, 1.82) is 0 Å². The zero-order chi connectivity index (χ0) is 13.2. The van der Waals surface area contributed by atoms with E-state index in [9.17, 15) is 4.39 Å². The predicted octanol–water partition coefficient (Wildman–Crippen LogP) is 4.57. The quantitative estimate of drug-likeness (QED) is 0.719. The number of halogens is 2. The molecule has 1 aromatic heterocycles. The van der Waals surface area contributed by atoms with Crippen molar-refractivity contribution in [3.63, 3.8) is 0 Å². The molecule has 0 bridgehead atoms. The highest BCUT2D eigenvalue weighted by molar-refractivity contribution is 6.30. The molecule has 0 unspecified atom stereocenters. The second-order valence-electron chi connectivity index (χ2n) is 4.38. The minimum Gasteiger partial charge on any atom is -0.379 e. The van der Waals surface area contributed by atoms with Crippen LogP contribution in [-0.4, -0.2) is 4.98 Å². The Hall–Kier alpha value is -2.00. The largest absolute Gasteiger partial charge is 0.379 e. The number of rotatable bonds is 3. The molecule has 3 aromatic rings. The summed E-state index contributed by atoms with van der Waals surface area (Å²) in [6.07, 6.45) is 1.90. The van der Waals surface area contributed by atoms with Gasteiger partial charge in [0.25, 0.3) is 0 Å². The second-order valence-corrected chi connectivity index (χ2v) is 4.81. The highest BCUT2D eigenvalue weighted by atomic mass is 35.5. The summed E-state index contributed by atoms with van der Waals surface area (Å²) < 4.78 is 13.6. The molecule has 2 nitrogen and oxygen atoms in total. The third-order valence-corrected chi connectivity index (χ3v) is 3.27. The summed E-state index contributed by atoms with van der Waals surface area (Å²) in [5, 5.41) is 4.62. The average molecular weight is 275 g/mol. The van der Waals surface area contributed by atoms with Gasteiger partial charge in [0.2, 0.25) is 0 Å². The van der Waals surface area contributed by atoms with E-state index in [0.717, 1.165) is 16.5 Å². The Labute approximate surface area is 115 Å². The van der Waals surface area contributed by atoms with Crippen molar-refractivity contribution in [1.82, 2.24) is 4.98 Å². The van der Waals surface area contributed by atoms with E-state index in [2.05, 4.69) is 16.4 Å². The summed E-state index contributed by atoms with van der Waals surface area (Å²) in [5.41, 5.74) is 2.65. The van der Waals surface area contributed by atoms with Gasteiger partial charge in [0, 0.05) is 23.3 Å². The zero-order valence-corrected chi connectivity index (χ0v) is 10.8. The summed E-state index contributed by atoms with van der Waals surface area (Å²) in [7, 11) is 0. The molecule has 0 aliphatic heterocycles. The van der Waals surface area contributed by atoms with Crippen LogP contribution in [0.5, 0.6) is 0 Å². The van der Waals surface area contributed by atoms with Gasteiger partial charge >= 0.3 is 0 Å². The van der Waals surface area contributed by atoms with Crippen LogP contribution < -0.4 is 5.32 Å². The van der Waals surface area contributed by atoms with Crippen LogP contribution in [0, 0.1) is 5.82 Å². The Bertz CT molecular complexity index is 721. The first-order valence-corrected chi connectivity index (χ1v) is 6.35. The number of nitrogens with one attached hydrogen (secondary N) is 2. The van der Waals surface area contributed by atoms with Gasteiger partial charge in [-0.15, -0.1) is 0 Å². The molecule has 0 fully saturated rings. The third-order valence-electron chi connectivity index (χ3n) is 3.03. The SMILES string of the molecule is Fc1cc(Cl)ccc1NCc1ccc2[nH]ccc2c1. The van der Waals surface area contributed by atoms with Crippen molar-refractivity contribution in [2.24, 2.45) is 0 Å². The van der Waals surface area contributed by atoms with Crippen molar-refractivity contribution in [3.8, 4) is 0 Å². The van der Waals surface area contributed by atoms with Gasteiger partial charge in [-0.3, -0.25) is 0 Å². The number of aromatic amines is 1. The maximum absolute atomic E-state index is 13.6. The van der Waals surface area contributed by atoms with Gasteiger partial charge in [-0.2, -0.15) is 0 Å². The van der Waals surface area contributed by atoms with Crippen molar-refractivity contribution in [2.75, 3.05) is 5.32 Å². The van der Waals surface area contributed by atoms with Crippen LogP contribution in [0.1, 0.15) is 5.56 Å². The van der Waals surface area contributed by atoms with Crippen LogP contribution in [0.25, 0.3) is 10.9 Å². The lowest BCUT2D eigenvalue weighted by Crippen LogP contribution is -2.01. The smallest absolute Gasteiger partial charge is 0.147 e. The van der Waals surface area contributed by atoms with Crippen molar-refractivity contribution in [3.05, 3.63) is 65.1 Å². The van der Waals surface area contributed by atoms with E-state index in [0.29, 0.717) is 17.3 Å².